The Morgan fingerprint density at radius 3 is 2.85 bits per heavy atom. The second-order valence-electron chi connectivity index (χ2n) is 6.23. The molecule has 1 aromatic carbocycles. The van der Waals surface area contributed by atoms with Crippen molar-refractivity contribution in [2.45, 2.75) is 19.9 Å². The zero-order valence-corrected chi connectivity index (χ0v) is 14.5. The Labute approximate surface area is 151 Å². The van der Waals surface area contributed by atoms with E-state index in [0.717, 1.165) is 23.5 Å². The molecule has 0 atom stereocenters. The molecule has 3 heterocycles. The summed E-state index contributed by atoms with van der Waals surface area (Å²) in [5.74, 6) is 0.341. The standard InChI is InChI=1S/C20H19N5O/c1-14-12-17(19(26)25-11-9-15-6-2-3-8-18(15)25)24-20(23-14)22-13-16-7-4-5-10-21-16/h2-8,10,12H,9,11,13H2,1H3,(H,22,23,24). The molecule has 6 heteroatoms. The van der Waals surface area contributed by atoms with Crippen LogP contribution >= 0.6 is 0 Å². The Balaban J connectivity index is 1.55. The first-order chi connectivity index (χ1) is 12.7. The number of fused-ring (bicyclic) bond motifs is 1. The van der Waals surface area contributed by atoms with Crippen LogP contribution in [-0.4, -0.2) is 27.4 Å². The molecule has 2 aromatic heterocycles. The fourth-order valence-electron chi connectivity index (χ4n) is 3.12. The molecule has 4 rings (SSSR count). The van der Waals surface area contributed by atoms with Crippen LogP contribution in [0.4, 0.5) is 11.6 Å². The van der Waals surface area contributed by atoms with Crippen molar-refractivity contribution in [3.05, 3.63) is 77.4 Å². The molecule has 0 aliphatic carbocycles. The lowest BCUT2D eigenvalue weighted by Gasteiger charge is -2.17. The van der Waals surface area contributed by atoms with Crippen LogP contribution in [0.15, 0.2) is 54.7 Å². The number of amides is 1. The molecule has 0 fully saturated rings. The quantitative estimate of drug-likeness (QED) is 0.787. The van der Waals surface area contributed by atoms with Gasteiger partial charge in [-0.2, -0.15) is 0 Å². The number of hydrogen-bond acceptors (Lipinski definition) is 5. The Bertz CT molecular complexity index is 942. The smallest absolute Gasteiger partial charge is 0.277 e. The Kier molecular flexibility index (Phi) is 4.31. The summed E-state index contributed by atoms with van der Waals surface area (Å²) in [6.07, 6.45) is 2.62. The van der Waals surface area contributed by atoms with Crippen molar-refractivity contribution in [3.63, 3.8) is 0 Å². The van der Waals surface area contributed by atoms with Gasteiger partial charge in [0.1, 0.15) is 5.69 Å². The monoisotopic (exact) mass is 345 g/mol. The third-order valence-corrected chi connectivity index (χ3v) is 4.36. The zero-order chi connectivity index (χ0) is 17.9. The molecule has 0 spiro atoms. The molecule has 0 saturated heterocycles. The van der Waals surface area contributed by atoms with E-state index >= 15 is 0 Å². The van der Waals surface area contributed by atoms with Gasteiger partial charge in [0.2, 0.25) is 5.95 Å². The molecule has 26 heavy (non-hydrogen) atoms. The van der Waals surface area contributed by atoms with Crippen LogP contribution in [-0.2, 0) is 13.0 Å². The largest absolute Gasteiger partial charge is 0.349 e. The number of nitrogens with one attached hydrogen (secondary N) is 1. The minimum absolute atomic E-state index is 0.0960. The van der Waals surface area contributed by atoms with Crippen LogP contribution in [0.25, 0.3) is 0 Å². The molecule has 6 nitrogen and oxygen atoms in total. The van der Waals surface area contributed by atoms with Crippen molar-refractivity contribution in [1.29, 1.82) is 0 Å². The third-order valence-electron chi connectivity index (χ3n) is 4.36. The van der Waals surface area contributed by atoms with Crippen molar-refractivity contribution < 1.29 is 4.79 Å². The number of rotatable bonds is 4. The number of anilines is 2. The Morgan fingerprint density at radius 1 is 1.15 bits per heavy atom. The van der Waals surface area contributed by atoms with E-state index in [9.17, 15) is 4.79 Å². The van der Waals surface area contributed by atoms with Gasteiger partial charge in [0.05, 0.1) is 12.2 Å². The topological polar surface area (TPSA) is 71.0 Å². The first kappa shape index (κ1) is 16.2. The molecule has 130 valence electrons. The second kappa shape index (κ2) is 6.92. The number of para-hydroxylation sites is 1. The molecule has 0 unspecified atom stereocenters. The zero-order valence-electron chi connectivity index (χ0n) is 14.5. The highest BCUT2D eigenvalue weighted by Gasteiger charge is 2.26. The lowest BCUT2D eigenvalue weighted by atomic mass is 10.2. The van der Waals surface area contributed by atoms with Gasteiger partial charge in [-0.05, 0) is 43.2 Å². The van der Waals surface area contributed by atoms with E-state index in [0.29, 0.717) is 24.7 Å². The van der Waals surface area contributed by atoms with Gasteiger partial charge in [0.25, 0.3) is 5.91 Å². The van der Waals surface area contributed by atoms with Crippen LogP contribution in [0.2, 0.25) is 0 Å². The highest BCUT2D eigenvalue weighted by atomic mass is 16.2. The average molecular weight is 345 g/mol. The van der Waals surface area contributed by atoms with Gasteiger partial charge in [-0.15, -0.1) is 0 Å². The summed E-state index contributed by atoms with van der Waals surface area (Å²) in [6.45, 7) is 3.05. The number of carbonyl (C=O) groups excluding carboxylic acids is 1. The minimum atomic E-state index is -0.0960. The van der Waals surface area contributed by atoms with Crippen molar-refractivity contribution in [3.8, 4) is 0 Å². The molecular weight excluding hydrogens is 326 g/mol. The van der Waals surface area contributed by atoms with Gasteiger partial charge >= 0.3 is 0 Å². The summed E-state index contributed by atoms with van der Waals surface area (Å²) in [5.41, 5.74) is 4.20. The van der Waals surface area contributed by atoms with E-state index in [2.05, 4.69) is 26.3 Å². The van der Waals surface area contributed by atoms with Crippen LogP contribution in [0.5, 0.6) is 0 Å². The van der Waals surface area contributed by atoms with Gasteiger partial charge in [-0.3, -0.25) is 9.78 Å². The minimum Gasteiger partial charge on any atom is -0.349 e. The predicted molar refractivity (Wildman–Crippen MR) is 100 cm³/mol. The van der Waals surface area contributed by atoms with E-state index in [1.807, 2.05) is 43.3 Å². The highest BCUT2D eigenvalue weighted by molar-refractivity contribution is 6.06. The van der Waals surface area contributed by atoms with Gasteiger partial charge in [0, 0.05) is 24.1 Å². The summed E-state index contributed by atoms with van der Waals surface area (Å²) in [5, 5.41) is 3.15. The summed E-state index contributed by atoms with van der Waals surface area (Å²) >= 11 is 0. The molecule has 0 bridgehead atoms. The van der Waals surface area contributed by atoms with E-state index in [1.165, 1.54) is 5.56 Å². The summed E-state index contributed by atoms with van der Waals surface area (Å²) in [6, 6.07) is 15.5. The predicted octanol–water partition coefficient (Wildman–Crippen LogP) is 3.00. The molecular formula is C20H19N5O. The second-order valence-corrected chi connectivity index (χ2v) is 6.23. The SMILES string of the molecule is Cc1cc(C(=O)N2CCc3ccccc32)nc(NCc2ccccn2)n1. The molecule has 0 radical (unpaired) electrons. The normalized spacial score (nSPS) is 12.7. The fraction of sp³-hybridized carbons (Fsp3) is 0.200. The summed E-state index contributed by atoms with van der Waals surface area (Å²) < 4.78 is 0. The average Bonchev–Trinajstić information content (AvgIpc) is 3.10. The van der Waals surface area contributed by atoms with E-state index in [-0.39, 0.29) is 5.91 Å². The van der Waals surface area contributed by atoms with Crippen molar-refractivity contribution in [2.75, 3.05) is 16.8 Å². The van der Waals surface area contributed by atoms with E-state index < -0.39 is 0 Å². The third kappa shape index (κ3) is 3.26. The molecule has 1 aliphatic heterocycles. The van der Waals surface area contributed by atoms with Crippen LogP contribution < -0.4 is 10.2 Å². The first-order valence-corrected chi connectivity index (χ1v) is 8.60. The lowest BCUT2D eigenvalue weighted by Crippen LogP contribution is -2.30. The highest BCUT2D eigenvalue weighted by Crippen LogP contribution is 2.28. The number of nitrogens with zero attached hydrogens (tertiary/aromatic N) is 4. The van der Waals surface area contributed by atoms with Crippen molar-refractivity contribution in [1.82, 2.24) is 15.0 Å². The van der Waals surface area contributed by atoms with Gasteiger partial charge in [0.15, 0.2) is 0 Å². The number of benzene rings is 1. The first-order valence-electron chi connectivity index (χ1n) is 8.60. The fourth-order valence-corrected chi connectivity index (χ4v) is 3.12. The number of pyridine rings is 1. The number of carbonyl (C=O) groups is 1. The Morgan fingerprint density at radius 2 is 2.00 bits per heavy atom. The van der Waals surface area contributed by atoms with Gasteiger partial charge in [-0.1, -0.05) is 24.3 Å². The molecule has 0 saturated carbocycles. The van der Waals surface area contributed by atoms with Crippen LogP contribution in [0.1, 0.15) is 27.4 Å². The summed E-state index contributed by atoms with van der Waals surface area (Å²) in [7, 11) is 0. The molecule has 1 N–H and O–H groups in total. The number of aryl methyl sites for hydroxylation is 1. The maximum atomic E-state index is 13.0. The van der Waals surface area contributed by atoms with Gasteiger partial charge in [-0.25, -0.2) is 9.97 Å². The number of aromatic nitrogens is 3. The molecule has 1 amide bonds. The van der Waals surface area contributed by atoms with E-state index in [1.54, 1.807) is 17.2 Å². The van der Waals surface area contributed by atoms with E-state index in [4.69, 9.17) is 0 Å². The molecule has 1 aliphatic rings. The van der Waals surface area contributed by atoms with Crippen LogP contribution in [0, 0.1) is 6.92 Å². The lowest BCUT2D eigenvalue weighted by molar-refractivity contribution is 0.0984. The maximum Gasteiger partial charge on any atom is 0.277 e. The Hall–Kier alpha value is -3.28. The van der Waals surface area contributed by atoms with Crippen molar-refractivity contribution >= 4 is 17.5 Å². The number of hydrogen-bond donors (Lipinski definition) is 1. The van der Waals surface area contributed by atoms with Gasteiger partial charge < -0.3 is 10.2 Å². The summed E-state index contributed by atoms with van der Waals surface area (Å²) in [4.78, 5) is 27.9. The maximum absolute atomic E-state index is 13.0. The van der Waals surface area contributed by atoms with Crippen molar-refractivity contribution in [2.24, 2.45) is 0 Å². The van der Waals surface area contributed by atoms with Crippen LogP contribution in [0.3, 0.4) is 0 Å². The molecule has 3 aromatic rings.